The number of imidazole rings is 1. The van der Waals surface area contributed by atoms with Crippen LogP contribution in [-0.2, 0) is 11.3 Å². The number of likely N-dealkylation sites (tertiary alicyclic amines) is 1. The lowest BCUT2D eigenvalue weighted by atomic mass is 10.1. The average Bonchev–Trinajstić information content (AvgIpc) is 2.72. The Morgan fingerprint density at radius 2 is 2.56 bits per heavy atom. The number of nitrogens with zero attached hydrogens (tertiary/aromatic N) is 2. The normalized spacial score (nSPS) is 20.9. The van der Waals surface area contributed by atoms with Gasteiger partial charge in [-0.3, -0.25) is 9.69 Å². The number of hydrogen-bond acceptors (Lipinski definition) is 4. The van der Waals surface area contributed by atoms with Crippen LogP contribution in [0.5, 0.6) is 0 Å². The Kier molecular flexibility index (Phi) is 4.33. The molecule has 1 saturated heterocycles. The zero-order chi connectivity index (χ0) is 13.0. The molecule has 0 radical (unpaired) electrons. The van der Waals surface area contributed by atoms with Gasteiger partial charge in [0.05, 0.1) is 31.2 Å². The smallest absolute Gasteiger partial charge is 0.234 e. The van der Waals surface area contributed by atoms with Gasteiger partial charge in [0, 0.05) is 12.2 Å². The number of piperidine rings is 1. The second-order valence-corrected chi connectivity index (χ2v) is 4.78. The van der Waals surface area contributed by atoms with Crippen molar-refractivity contribution in [3.8, 4) is 0 Å². The molecule has 1 aromatic rings. The molecular weight excluding hydrogens is 232 g/mol. The largest absolute Gasteiger partial charge is 0.392 e. The molecule has 1 atom stereocenters. The van der Waals surface area contributed by atoms with E-state index < -0.39 is 0 Å². The van der Waals surface area contributed by atoms with Crippen LogP contribution in [-0.4, -0.2) is 51.6 Å². The van der Waals surface area contributed by atoms with E-state index in [1.807, 2.05) is 11.8 Å². The molecule has 3 N–H and O–H groups in total. The van der Waals surface area contributed by atoms with E-state index in [0.29, 0.717) is 19.6 Å². The second kappa shape index (κ2) is 5.97. The Labute approximate surface area is 106 Å². The van der Waals surface area contributed by atoms with Gasteiger partial charge in [0.2, 0.25) is 5.91 Å². The number of aryl methyl sites for hydroxylation is 1. The number of aromatic nitrogens is 2. The predicted molar refractivity (Wildman–Crippen MR) is 66.9 cm³/mol. The fourth-order valence-electron chi connectivity index (χ4n) is 2.18. The number of β-amino-alcohol motifs (C(OH)–C–C–N with tert-alkyl or cyclic N) is 1. The van der Waals surface area contributed by atoms with Crippen molar-refractivity contribution in [1.82, 2.24) is 20.2 Å². The molecule has 0 unspecified atom stereocenters. The number of amides is 1. The zero-order valence-corrected chi connectivity index (χ0v) is 10.6. The van der Waals surface area contributed by atoms with E-state index in [1.165, 1.54) is 0 Å². The van der Waals surface area contributed by atoms with Crippen LogP contribution in [0.1, 0.15) is 24.2 Å². The Balaban J connectivity index is 1.73. The molecule has 0 saturated carbocycles. The van der Waals surface area contributed by atoms with Crippen molar-refractivity contribution in [1.29, 1.82) is 0 Å². The molecule has 2 heterocycles. The number of rotatable bonds is 4. The molecule has 0 aromatic carbocycles. The van der Waals surface area contributed by atoms with Crippen molar-refractivity contribution in [2.45, 2.75) is 32.4 Å². The standard InChI is InChI=1S/C12H20N4O2/c1-9-11(15-8-14-9)5-13-12(18)7-16-4-2-3-10(17)6-16/h8,10,17H,2-7H2,1H3,(H,13,18)(H,14,15)/t10-/m1/s1. The van der Waals surface area contributed by atoms with Crippen molar-refractivity contribution >= 4 is 5.91 Å². The summed E-state index contributed by atoms with van der Waals surface area (Å²) in [4.78, 5) is 20.8. The minimum absolute atomic E-state index is 0.0218. The number of aliphatic hydroxyl groups excluding tert-OH is 1. The molecule has 100 valence electrons. The molecule has 1 amide bonds. The highest BCUT2D eigenvalue weighted by Crippen LogP contribution is 2.09. The summed E-state index contributed by atoms with van der Waals surface area (Å²) in [6.45, 7) is 4.20. The zero-order valence-electron chi connectivity index (χ0n) is 10.6. The highest BCUT2D eigenvalue weighted by molar-refractivity contribution is 5.78. The third kappa shape index (κ3) is 3.54. The molecule has 18 heavy (non-hydrogen) atoms. The maximum Gasteiger partial charge on any atom is 0.234 e. The minimum atomic E-state index is -0.292. The van der Waals surface area contributed by atoms with Crippen molar-refractivity contribution in [3.63, 3.8) is 0 Å². The first-order chi connectivity index (χ1) is 8.65. The van der Waals surface area contributed by atoms with Crippen LogP contribution in [0.4, 0.5) is 0 Å². The van der Waals surface area contributed by atoms with E-state index in [-0.39, 0.29) is 12.0 Å². The maximum absolute atomic E-state index is 11.8. The number of aliphatic hydroxyl groups is 1. The third-order valence-electron chi connectivity index (χ3n) is 3.24. The van der Waals surface area contributed by atoms with Gasteiger partial charge in [-0.25, -0.2) is 4.98 Å². The van der Waals surface area contributed by atoms with Gasteiger partial charge >= 0.3 is 0 Å². The monoisotopic (exact) mass is 252 g/mol. The van der Waals surface area contributed by atoms with Crippen molar-refractivity contribution < 1.29 is 9.90 Å². The van der Waals surface area contributed by atoms with Crippen LogP contribution < -0.4 is 5.32 Å². The van der Waals surface area contributed by atoms with Crippen LogP contribution in [0.25, 0.3) is 0 Å². The van der Waals surface area contributed by atoms with Crippen LogP contribution in [0.15, 0.2) is 6.33 Å². The van der Waals surface area contributed by atoms with Gasteiger partial charge in [0.1, 0.15) is 0 Å². The predicted octanol–water partition coefficient (Wildman–Crippen LogP) is -0.209. The van der Waals surface area contributed by atoms with E-state index in [2.05, 4.69) is 15.3 Å². The molecule has 6 heteroatoms. The number of H-pyrrole nitrogens is 1. The van der Waals surface area contributed by atoms with Gasteiger partial charge in [-0.15, -0.1) is 0 Å². The molecule has 2 rings (SSSR count). The lowest BCUT2D eigenvalue weighted by molar-refractivity contribution is -0.123. The molecule has 1 aliphatic rings. The van der Waals surface area contributed by atoms with E-state index in [4.69, 9.17) is 0 Å². The van der Waals surface area contributed by atoms with Crippen molar-refractivity contribution in [2.75, 3.05) is 19.6 Å². The molecule has 6 nitrogen and oxygen atoms in total. The summed E-state index contributed by atoms with van der Waals surface area (Å²) >= 11 is 0. The summed E-state index contributed by atoms with van der Waals surface area (Å²) in [6.07, 6.45) is 3.12. The van der Waals surface area contributed by atoms with E-state index in [1.54, 1.807) is 6.33 Å². The summed E-state index contributed by atoms with van der Waals surface area (Å²) in [5, 5.41) is 12.4. The number of nitrogens with one attached hydrogen (secondary N) is 2. The Hall–Kier alpha value is -1.40. The number of carbonyl (C=O) groups excluding carboxylic acids is 1. The van der Waals surface area contributed by atoms with E-state index >= 15 is 0 Å². The van der Waals surface area contributed by atoms with E-state index in [9.17, 15) is 9.90 Å². The quantitative estimate of drug-likeness (QED) is 0.692. The van der Waals surface area contributed by atoms with Crippen LogP contribution in [0.2, 0.25) is 0 Å². The molecule has 1 aromatic heterocycles. The summed E-state index contributed by atoms with van der Waals surface area (Å²) in [7, 11) is 0. The second-order valence-electron chi connectivity index (χ2n) is 4.78. The summed E-state index contributed by atoms with van der Waals surface area (Å²) in [5.41, 5.74) is 1.84. The molecule has 1 fully saturated rings. The molecule has 0 bridgehead atoms. The van der Waals surface area contributed by atoms with E-state index in [0.717, 1.165) is 30.8 Å². The lowest BCUT2D eigenvalue weighted by Gasteiger charge is -2.29. The van der Waals surface area contributed by atoms with Gasteiger partial charge in [-0.05, 0) is 26.3 Å². The maximum atomic E-state index is 11.8. The molecule has 0 aliphatic carbocycles. The highest BCUT2D eigenvalue weighted by Gasteiger charge is 2.19. The average molecular weight is 252 g/mol. The summed E-state index contributed by atoms with van der Waals surface area (Å²) in [5.74, 6) is -0.0218. The van der Waals surface area contributed by atoms with Crippen molar-refractivity contribution in [2.24, 2.45) is 0 Å². The Bertz CT molecular complexity index is 405. The van der Waals surface area contributed by atoms with Gasteiger partial charge in [0.25, 0.3) is 0 Å². The first-order valence-electron chi connectivity index (χ1n) is 6.31. The van der Waals surface area contributed by atoms with Crippen molar-refractivity contribution in [3.05, 3.63) is 17.7 Å². The third-order valence-corrected chi connectivity index (χ3v) is 3.24. The first-order valence-corrected chi connectivity index (χ1v) is 6.31. The fraction of sp³-hybridized carbons (Fsp3) is 0.667. The van der Waals surface area contributed by atoms with Crippen LogP contribution in [0, 0.1) is 6.92 Å². The fourth-order valence-corrected chi connectivity index (χ4v) is 2.18. The highest BCUT2D eigenvalue weighted by atomic mass is 16.3. The number of hydrogen-bond donors (Lipinski definition) is 3. The SMILES string of the molecule is Cc1[nH]cnc1CNC(=O)CN1CCC[C@@H](O)C1. The van der Waals surface area contributed by atoms with Gasteiger partial charge in [0.15, 0.2) is 0 Å². The number of carbonyl (C=O) groups is 1. The minimum Gasteiger partial charge on any atom is -0.392 e. The molecule has 1 aliphatic heterocycles. The first kappa shape index (κ1) is 13.0. The molecular formula is C12H20N4O2. The Morgan fingerprint density at radius 3 is 3.22 bits per heavy atom. The van der Waals surface area contributed by atoms with Gasteiger partial charge in [-0.2, -0.15) is 0 Å². The summed E-state index contributed by atoms with van der Waals surface area (Å²) < 4.78 is 0. The van der Waals surface area contributed by atoms with Crippen LogP contribution >= 0.6 is 0 Å². The Morgan fingerprint density at radius 1 is 1.72 bits per heavy atom. The van der Waals surface area contributed by atoms with Crippen LogP contribution in [0.3, 0.4) is 0 Å². The van der Waals surface area contributed by atoms with Gasteiger partial charge in [-0.1, -0.05) is 0 Å². The summed E-state index contributed by atoms with van der Waals surface area (Å²) in [6, 6.07) is 0. The number of aromatic amines is 1. The topological polar surface area (TPSA) is 81.2 Å². The molecule has 0 spiro atoms. The van der Waals surface area contributed by atoms with Gasteiger partial charge < -0.3 is 15.4 Å². The lowest BCUT2D eigenvalue weighted by Crippen LogP contribution is -2.44.